The molecule has 2 heterocycles. The van der Waals surface area contributed by atoms with Crippen LogP contribution in [0.3, 0.4) is 0 Å². The van der Waals surface area contributed by atoms with Crippen LogP contribution in [-0.4, -0.2) is 28.9 Å². The second-order valence-electron chi connectivity index (χ2n) is 8.10. The third-order valence-electron chi connectivity index (χ3n) is 6.03. The summed E-state index contributed by atoms with van der Waals surface area (Å²) in [5.41, 5.74) is 2.89. The first-order valence-electron chi connectivity index (χ1n) is 11.0. The van der Waals surface area contributed by atoms with Crippen LogP contribution >= 0.6 is 22.9 Å². The Kier molecular flexibility index (Phi) is 6.05. The number of nitrogens with zero attached hydrogens (tertiary/aromatic N) is 2. The average Bonchev–Trinajstić information content (AvgIpc) is 3.41. The topological polar surface area (TPSA) is 79.7 Å². The minimum Gasteiger partial charge on any atom is -0.507 e. The van der Waals surface area contributed by atoms with E-state index in [1.165, 1.54) is 16.2 Å². The molecule has 1 atom stereocenters. The van der Waals surface area contributed by atoms with Crippen molar-refractivity contribution in [3.05, 3.63) is 94.0 Å². The fourth-order valence-electron chi connectivity index (χ4n) is 4.20. The van der Waals surface area contributed by atoms with Gasteiger partial charge in [-0.2, -0.15) is 0 Å². The Morgan fingerprint density at radius 2 is 1.89 bits per heavy atom. The molecule has 0 spiro atoms. The molecule has 176 valence electrons. The van der Waals surface area contributed by atoms with Gasteiger partial charge >= 0.3 is 5.91 Å². The molecule has 1 aliphatic heterocycles. The minimum absolute atomic E-state index is 0.0147. The number of carbonyl (C=O) groups is 2. The molecular formula is C27H21ClN2O4S. The highest BCUT2D eigenvalue weighted by atomic mass is 35.5. The van der Waals surface area contributed by atoms with Gasteiger partial charge in [0, 0.05) is 10.6 Å². The van der Waals surface area contributed by atoms with Crippen molar-refractivity contribution in [1.82, 2.24) is 4.98 Å². The fraction of sp³-hybridized carbons (Fsp3) is 0.148. The van der Waals surface area contributed by atoms with Crippen LogP contribution in [0.5, 0.6) is 5.75 Å². The molecule has 6 nitrogen and oxygen atoms in total. The number of amides is 1. The van der Waals surface area contributed by atoms with Gasteiger partial charge in [-0.25, -0.2) is 4.98 Å². The summed E-state index contributed by atoms with van der Waals surface area (Å²) in [6, 6.07) is 18.6. The lowest BCUT2D eigenvalue weighted by molar-refractivity contribution is -0.132. The van der Waals surface area contributed by atoms with Gasteiger partial charge in [-0.3, -0.25) is 14.5 Å². The van der Waals surface area contributed by atoms with E-state index in [4.69, 9.17) is 16.3 Å². The average molecular weight is 505 g/mol. The molecule has 0 aliphatic carbocycles. The fourth-order valence-corrected chi connectivity index (χ4v) is 5.38. The van der Waals surface area contributed by atoms with Crippen molar-refractivity contribution in [2.75, 3.05) is 12.0 Å². The van der Waals surface area contributed by atoms with Gasteiger partial charge < -0.3 is 9.84 Å². The number of carbonyl (C=O) groups excluding carboxylic acids is 2. The van der Waals surface area contributed by atoms with E-state index in [2.05, 4.69) is 11.9 Å². The van der Waals surface area contributed by atoms with Crippen molar-refractivity contribution < 1.29 is 19.4 Å². The monoisotopic (exact) mass is 504 g/mol. The van der Waals surface area contributed by atoms with Crippen molar-refractivity contribution in [3.8, 4) is 5.75 Å². The summed E-state index contributed by atoms with van der Waals surface area (Å²) in [6.07, 6.45) is 0.874. The Labute approximate surface area is 211 Å². The largest absolute Gasteiger partial charge is 0.507 e. The second-order valence-corrected chi connectivity index (χ2v) is 9.55. The third-order valence-corrected chi connectivity index (χ3v) is 7.30. The van der Waals surface area contributed by atoms with E-state index < -0.39 is 17.7 Å². The maximum atomic E-state index is 13.4. The van der Waals surface area contributed by atoms with Gasteiger partial charge in [-0.05, 0) is 66.1 Å². The molecule has 5 rings (SSSR count). The number of fused-ring (bicyclic) bond motifs is 1. The number of aliphatic hydroxyl groups excluding tert-OH is 1. The van der Waals surface area contributed by atoms with Crippen LogP contribution in [0.15, 0.2) is 72.3 Å². The van der Waals surface area contributed by atoms with Gasteiger partial charge in [0.2, 0.25) is 0 Å². The number of hydrogen-bond acceptors (Lipinski definition) is 6. The summed E-state index contributed by atoms with van der Waals surface area (Å²) in [4.78, 5) is 32.8. The molecule has 1 amide bonds. The van der Waals surface area contributed by atoms with Crippen LogP contribution in [0.4, 0.5) is 5.13 Å². The molecule has 0 radical (unpaired) electrons. The van der Waals surface area contributed by atoms with Crippen LogP contribution in [0.1, 0.15) is 29.7 Å². The normalized spacial score (nSPS) is 17.3. The Morgan fingerprint density at radius 1 is 1.11 bits per heavy atom. The minimum atomic E-state index is -0.882. The summed E-state index contributed by atoms with van der Waals surface area (Å²) in [7, 11) is 1.54. The number of thiazole rings is 1. The molecule has 1 fully saturated rings. The number of Topliss-reactive ketones (excluding diaryl/α,β-unsaturated/α-hetero) is 1. The molecule has 3 aromatic carbocycles. The maximum absolute atomic E-state index is 13.4. The van der Waals surface area contributed by atoms with Crippen LogP contribution in [0.2, 0.25) is 5.02 Å². The van der Waals surface area contributed by atoms with Crippen molar-refractivity contribution in [3.63, 3.8) is 0 Å². The Morgan fingerprint density at radius 3 is 2.60 bits per heavy atom. The molecule has 0 saturated carbocycles. The molecule has 1 aromatic heterocycles. The van der Waals surface area contributed by atoms with E-state index >= 15 is 0 Å². The van der Waals surface area contributed by atoms with E-state index in [9.17, 15) is 14.7 Å². The number of anilines is 1. The standard InChI is InChI=1S/C27H21ClN2O4S/c1-3-15-7-12-20-21(13-15)35-27(29-20)30-23(17-5-4-6-19(14-17)34-2)22(25(32)26(30)33)24(31)16-8-10-18(28)11-9-16/h4-14,23,31H,3H2,1-2H3/t23-/m0/s1. The van der Waals surface area contributed by atoms with Crippen LogP contribution < -0.4 is 9.64 Å². The molecule has 35 heavy (non-hydrogen) atoms. The summed E-state index contributed by atoms with van der Waals surface area (Å²) in [5, 5.41) is 12.1. The lowest BCUT2D eigenvalue weighted by Gasteiger charge is -2.23. The van der Waals surface area contributed by atoms with E-state index in [0.29, 0.717) is 27.0 Å². The highest BCUT2D eigenvalue weighted by molar-refractivity contribution is 7.22. The SMILES string of the molecule is CCc1ccc2nc(N3C(=O)C(=O)C(=C(O)c4ccc(Cl)cc4)[C@@H]3c3cccc(OC)c3)sc2c1. The number of ether oxygens (including phenoxy) is 1. The molecule has 0 bridgehead atoms. The zero-order valence-corrected chi connectivity index (χ0v) is 20.6. The number of ketones is 1. The number of benzene rings is 3. The summed E-state index contributed by atoms with van der Waals surface area (Å²) in [6.45, 7) is 2.07. The van der Waals surface area contributed by atoms with Crippen molar-refractivity contribution >= 4 is 55.7 Å². The molecule has 0 unspecified atom stereocenters. The van der Waals surface area contributed by atoms with Gasteiger partial charge in [0.1, 0.15) is 11.5 Å². The zero-order valence-electron chi connectivity index (χ0n) is 19.0. The molecule has 1 aliphatic rings. The predicted molar refractivity (Wildman–Crippen MR) is 138 cm³/mol. The summed E-state index contributed by atoms with van der Waals surface area (Å²) in [5.74, 6) is -1.23. The Balaban J connectivity index is 1.72. The number of hydrogen-bond donors (Lipinski definition) is 1. The number of aryl methyl sites for hydroxylation is 1. The molecule has 4 aromatic rings. The lowest BCUT2D eigenvalue weighted by atomic mass is 9.95. The quantitative estimate of drug-likeness (QED) is 0.200. The van der Waals surface area contributed by atoms with Crippen molar-refractivity contribution in [2.24, 2.45) is 0 Å². The van der Waals surface area contributed by atoms with Crippen LogP contribution in [0.25, 0.3) is 16.0 Å². The zero-order chi connectivity index (χ0) is 24.7. The Hall–Kier alpha value is -3.68. The first kappa shape index (κ1) is 23.1. The van der Waals surface area contributed by atoms with E-state index in [-0.39, 0.29) is 11.3 Å². The van der Waals surface area contributed by atoms with Gasteiger partial charge in [0.05, 0.1) is 28.9 Å². The van der Waals surface area contributed by atoms with Crippen molar-refractivity contribution in [2.45, 2.75) is 19.4 Å². The van der Waals surface area contributed by atoms with Crippen LogP contribution in [-0.2, 0) is 16.0 Å². The third kappa shape index (κ3) is 4.07. The van der Waals surface area contributed by atoms with Gasteiger partial charge in [0.25, 0.3) is 5.78 Å². The highest BCUT2D eigenvalue weighted by Crippen LogP contribution is 2.45. The number of aromatic nitrogens is 1. The van der Waals surface area contributed by atoms with Crippen LogP contribution in [0, 0.1) is 0 Å². The van der Waals surface area contributed by atoms with E-state index in [1.54, 1.807) is 55.6 Å². The molecular weight excluding hydrogens is 484 g/mol. The Bertz CT molecular complexity index is 1490. The summed E-state index contributed by atoms with van der Waals surface area (Å²) < 4.78 is 6.30. The van der Waals surface area contributed by atoms with Gasteiger partial charge in [-0.15, -0.1) is 0 Å². The molecule has 8 heteroatoms. The number of aliphatic hydroxyl groups is 1. The number of methoxy groups -OCH3 is 1. The maximum Gasteiger partial charge on any atom is 0.301 e. The molecule has 1 saturated heterocycles. The van der Waals surface area contributed by atoms with E-state index in [0.717, 1.165) is 22.2 Å². The van der Waals surface area contributed by atoms with Gasteiger partial charge in [0.15, 0.2) is 5.13 Å². The predicted octanol–water partition coefficient (Wildman–Crippen LogP) is 6.15. The van der Waals surface area contributed by atoms with E-state index in [1.807, 2.05) is 18.2 Å². The molecule has 1 N–H and O–H groups in total. The lowest BCUT2D eigenvalue weighted by Crippen LogP contribution is -2.29. The first-order valence-corrected chi connectivity index (χ1v) is 12.2. The highest BCUT2D eigenvalue weighted by Gasteiger charge is 2.48. The van der Waals surface area contributed by atoms with Gasteiger partial charge in [-0.1, -0.05) is 48.1 Å². The summed E-state index contributed by atoms with van der Waals surface area (Å²) >= 11 is 7.34. The van der Waals surface area contributed by atoms with Crippen molar-refractivity contribution in [1.29, 1.82) is 0 Å². The first-order chi connectivity index (χ1) is 16.9. The second kappa shape index (κ2) is 9.17. The number of halogens is 1. The number of rotatable bonds is 5. The smallest absolute Gasteiger partial charge is 0.301 e.